The number of rotatable bonds is 1. The molecule has 0 saturated carbocycles. The van der Waals surface area contributed by atoms with Crippen LogP contribution in [-0.2, 0) is 0 Å². The third-order valence-electron chi connectivity index (χ3n) is 2.32. The molecule has 0 atom stereocenters. The van der Waals surface area contributed by atoms with Gasteiger partial charge in [-0.3, -0.25) is 4.98 Å². The van der Waals surface area contributed by atoms with Crippen LogP contribution >= 0.6 is 0 Å². The Kier molecular flexibility index (Phi) is 1.75. The van der Waals surface area contributed by atoms with Crippen LogP contribution in [0.25, 0.3) is 16.6 Å². The normalized spacial score (nSPS) is 10.7. The molecule has 2 aromatic heterocycles. The maximum absolute atomic E-state index is 4.46. The zero-order valence-electron chi connectivity index (χ0n) is 8.04. The largest absolute Gasteiger partial charge is 0.262 e. The number of hydrogen-bond donors (Lipinski definition) is 0. The maximum Gasteiger partial charge on any atom is 0.0927 e. The second-order valence-corrected chi connectivity index (χ2v) is 3.34. The van der Waals surface area contributed by atoms with E-state index in [9.17, 15) is 0 Å². The van der Waals surface area contributed by atoms with E-state index in [2.05, 4.69) is 16.1 Å². The third kappa shape index (κ3) is 1.38. The lowest BCUT2D eigenvalue weighted by molar-refractivity contribution is 0.889. The van der Waals surface area contributed by atoms with Crippen molar-refractivity contribution in [2.45, 2.75) is 0 Å². The topological polar surface area (TPSA) is 30.7 Å². The van der Waals surface area contributed by atoms with E-state index in [-0.39, 0.29) is 0 Å². The molecule has 3 rings (SSSR count). The van der Waals surface area contributed by atoms with E-state index in [1.807, 2.05) is 41.2 Å². The summed E-state index contributed by atoms with van der Waals surface area (Å²) >= 11 is 0. The lowest BCUT2D eigenvalue weighted by atomic mass is 10.3. The standard InChI is InChI=1S/C12H9N3/c1-2-6-12-10(4-1)9-15(14-12)11-5-3-7-13-8-11/h1-9H. The highest BCUT2D eigenvalue weighted by Crippen LogP contribution is 2.14. The van der Waals surface area contributed by atoms with Crippen molar-refractivity contribution in [2.75, 3.05) is 0 Å². The molecule has 0 bridgehead atoms. The van der Waals surface area contributed by atoms with Crippen LogP contribution in [0.3, 0.4) is 0 Å². The van der Waals surface area contributed by atoms with Gasteiger partial charge in [-0.15, -0.1) is 0 Å². The van der Waals surface area contributed by atoms with Crippen molar-refractivity contribution >= 4 is 10.9 Å². The molecule has 0 unspecified atom stereocenters. The zero-order chi connectivity index (χ0) is 10.1. The van der Waals surface area contributed by atoms with E-state index in [1.165, 1.54) is 0 Å². The van der Waals surface area contributed by atoms with E-state index < -0.39 is 0 Å². The molecule has 0 aliphatic carbocycles. The van der Waals surface area contributed by atoms with Gasteiger partial charge in [0.25, 0.3) is 0 Å². The van der Waals surface area contributed by atoms with Crippen LogP contribution < -0.4 is 0 Å². The second kappa shape index (κ2) is 3.20. The Morgan fingerprint density at radius 2 is 1.93 bits per heavy atom. The van der Waals surface area contributed by atoms with Crippen molar-refractivity contribution < 1.29 is 0 Å². The third-order valence-corrected chi connectivity index (χ3v) is 2.32. The molecule has 0 spiro atoms. The molecule has 0 aliphatic rings. The molecule has 0 radical (unpaired) electrons. The number of aromatic nitrogens is 3. The lowest BCUT2D eigenvalue weighted by Crippen LogP contribution is -1.93. The number of fused-ring (bicyclic) bond motifs is 1. The summed E-state index contributed by atoms with van der Waals surface area (Å²) in [5, 5.41) is 5.60. The lowest BCUT2D eigenvalue weighted by Gasteiger charge is -1.97. The number of nitrogens with zero attached hydrogens (tertiary/aromatic N) is 3. The molecule has 3 nitrogen and oxygen atoms in total. The average Bonchev–Trinajstić information content (AvgIpc) is 2.74. The predicted molar refractivity (Wildman–Crippen MR) is 58.9 cm³/mol. The van der Waals surface area contributed by atoms with Crippen molar-refractivity contribution in [2.24, 2.45) is 0 Å². The van der Waals surface area contributed by atoms with E-state index in [4.69, 9.17) is 0 Å². The fourth-order valence-corrected chi connectivity index (χ4v) is 1.59. The fourth-order valence-electron chi connectivity index (χ4n) is 1.59. The van der Waals surface area contributed by atoms with Gasteiger partial charge < -0.3 is 0 Å². The Labute approximate surface area is 87.0 Å². The van der Waals surface area contributed by atoms with E-state index in [0.717, 1.165) is 16.6 Å². The first-order chi connectivity index (χ1) is 7.43. The van der Waals surface area contributed by atoms with Gasteiger partial charge in [0.05, 0.1) is 17.4 Å². The average molecular weight is 195 g/mol. The summed E-state index contributed by atoms with van der Waals surface area (Å²) in [6, 6.07) is 11.9. The van der Waals surface area contributed by atoms with Crippen molar-refractivity contribution in [3.63, 3.8) is 0 Å². The minimum atomic E-state index is 0.980. The highest BCUT2D eigenvalue weighted by molar-refractivity contribution is 5.78. The zero-order valence-corrected chi connectivity index (χ0v) is 8.04. The quantitative estimate of drug-likeness (QED) is 0.597. The van der Waals surface area contributed by atoms with Crippen molar-refractivity contribution in [3.05, 3.63) is 55.0 Å². The van der Waals surface area contributed by atoms with Crippen LogP contribution in [0.2, 0.25) is 0 Å². The number of pyridine rings is 1. The van der Waals surface area contributed by atoms with E-state index in [1.54, 1.807) is 12.4 Å². The van der Waals surface area contributed by atoms with Gasteiger partial charge in [0.15, 0.2) is 0 Å². The van der Waals surface area contributed by atoms with Crippen LogP contribution in [0.15, 0.2) is 55.0 Å². The van der Waals surface area contributed by atoms with Gasteiger partial charge in [0.1, 0.15) is 0 Å². The van der Waals surface area contributed by atoms with Gasteiger partial charge in [0, 0.05) is 17.8 Å². The van der Waals surface area contributed by atoms with Gasteiger partial charge in [-0.25, -0.2) is 4.68 Å². The van der Waals surface area contributed by atoms with E-state index in [0.29, 0.717) is 0 Å². The molecule has 3 heteroatoms. The first-order valence-electron chi connectivity index (χ1n) is 4.78. The molecule has 72 valence electrons. The fraction of sp³-hybridized carbons (Fsp3) is 0. The molecule has 0 saturated heterocycles. The molecule has 0 fully saturated rings. The molecule has 0 aliphatic heterocycles. The predicted octanol–water partition coefficient (Wildman–Crippen LogP) is 2.42. The second-order valence-electron chi connectivity index (χ2n) is 3.34. The Bertz CT molecular complexity index is 551. The Morgan fingerprint density at radius 1 is 1.00 bits per heavy atom. The Hall–Kier alpha value is -2.16. The summed E-state index contributed by atoms with van der Waals surface area (Å²) in [6.07, 6.45) is 5.56. The summed E-state index contributed by atoms with van der Waals surface area (Å²) in [6.45, 7) is 0. The molecule has 0 N–H and O–H groups in total. The summed E-state index contributed by atoms with van der Waals surface area (Å²) < 4.78 is 1.84. The van der Waals surface area contributed by atoms with Gasteiger partial charge in [-0.05, 0) is 18.2 Å². The Morgan fingerprint density at radius 3 is 2.73 bits per heavy atom. The van der Waals surface area contributed by atoms with Gasteiger partial charge in [-0.2, -0.15) is 5.10 Å². The van der Waals surface area contributed by atoms with Crippen LogP contribution in [0.5, 0.6) is 0 Å². The van der Waals surface area contributed by atoms with Crippen LogP contribution in [0.4, 0.5) is 0 Å². The van der Waals surface area contributed by atoms with Crippen LogP contribution in [0.1, 0.15) is 0 Å². The van der Waals surface area contributed by atoms with Crippen molar-refractivity contribution in [1.29, 1.82) is 0 Å². The molecule has 0 amide bonds. The molecular formula is C12H9N3. The van der Waals surface area contributed by atoms with Crippen LogP contribution in [0, 0.1) is 0 Å². The summed E-state index contributed by atoms with van der Waals surface area (Å²) in [5.74, 6) is 0. The molecule has 15 heavy (non-hydrogen) atoms. The minimum Gasteiger partial charge on any atom is -0.262 e. The number of benzene rings is 1. The SMILES string of the molecule is c1cncc(-n2cc3ccccc3n2)c1. The van der Waals surface area contributed by atoms with Crippen molar-refractivity contribution in [1.82, 2.24) is 14.8 Å². The summed E-state index contributed by atoms with van der Waals surface area (Å²) in [7, 11) is 0. The Balaban J connectivity index is 2.21. The smallest absolute Gasteiger partial charge is 0.0927 e. The maximum atomic E-state index is 4.46. The van der Waals surface area contributed by atoms with Gasteiger partial charge >= 0.3 is 0 Å². The van der Waals surface area contributed by atoms with E-state index >= 15 is 0 Å². The molecule has 3 aromatic rings. The van der Waals surface area contributed by atoms with Crippen molar-refractivity contribution in [3.8, 4) is 5.69 Å². The molecular weight excluding hydrogens is 186 g/mol. The first-order valence-corrected chi connectivity index (χ1v) is 4.78. The summed E-state index contributed by atoms with van der Waals surface area (Å²) in [5.41, 5.74) is 1.98. The van der Waals surface area contributed by atoms with Gasteiger partial charge in [-0.1, -0.05) is 18.2 Å². The molecule has 2 heterocycles. The number of hydrogen-bond acceptors (Lipinski definition) is 2. The van der Waals surface area contributed by atoms with Gasteiger partial charge in [0.2, 0.25) is 0 Å². The molecule has 1 aromatic carbocycles. The summed E-state index contributed by atoms with van der Waals surface area (Å²) in [4.78, 5) is 4.07. The minimum absolute atomic E-state index is 0.980. The highest BCUT2D eigenvalue weighted by Gasteiger charge is 2.00. The van der Waals surface area contributed by atoms with Crippen LogP contribution in [-0.4, -0.2) is 14.8 Å². The monoisotopic (exact) mass is 195 g/mol. The first kappa shape index (κ1) is 8.17. The highest BCUT2D eigenvalue weighted by atomic mass is 15.3.